The van der Waals surface area contributed by atoms with Crippen molar-refractivity contribution in [3.8, 4) is 17.2 Å². The first-order valence-electron chi connectivity index (χ1n) is 7.53. The van der Waals surface area contributed by atoms with Gasteiger partial charge in [-0.15, -0.1) is 0 Å². The second-order valence-corrected chi connectivity index (χ2v) is 5.83. The zero-order chi connectivity index (χ0) is 15.7. The smallest absolute Gasteiger partial charge is 0.308 e. The van der Waals surface area contributed by atoms with Gasteiger partial charge in [0.1, 0.15) is 0 Å². The van der Waals surface area contributed by atoms with E-state index in [0.29, 0.717) is 23.8 Å². The zero-order valence-corrected chi connectivity index (χ0v) is 12.9. The lowest BCUT2D eigenvalue weighted by Gasteiger charge is -2.37. The van der Waals surface area contributed by atoms with Crippen molar-refractivity contribution in [2.24, 2.45) is 5.92 Å². The highest BCUT2D eigenvalue weighted by Gasteiger charge is 2.33. The molecule has 0 spiro atoms. The number of carboxylic acid groups (broad SMARTS) is 1. The summed E-state index contributed by atoms with van der Waals surface area (Å²) in [5, 5.41) is 9.32. The third kappa shape index (κ3) is 2.70. The van der Waals surface area contributed by atoms with E-state index in [4.69, 9.17) is 14.2 Å². The number of piperidine rings is 1. The largest absolute Gasteiger partial charge is 0.493 e. The number of nitrogens with zero attached hydrogens (tertiary/aromatic N) is 1. The van der Waals surface area contributed by atoms with Crippen molar-refractivity contribution >= 4 is 5.97 Å². The van der Waals surface area contributed by atoms with Crippen LogP contribution in [-0.2, 0) is 11.3 Å². The normalized spacial score (nSPS) is 24.3. The first-order chi connectivity index (χ1) is 10.6. The molecule has 0 bridgehead atoms. The van der Waals surface area contributed by atoms with E-state index >= 15 is 0 Å². The average molecular weight is 307 g/mol. The number of carboxylic acids is 1. The van der Waals surface area contributed by atoms with Crippen LogP contribution in [0.25, 0.3) is 0 Å². The summed E-state index contributed by atoms with van der Waals surface area (Å²) in [4.78, 5) is 13.5. The second-order valence-electron chi connectivity index (χ2n) is 5.83. The quantitative estimate of drug-likeness (QED) is 0.919. The molecule has 120 valence electrons. The molecule has 6 heteroatoms. The Hall–Kier alpha value is -1.95. The molecule has 6 nitrogen and oxygen atoms in total. The Morgan fingerprint density at radius 3 is 3.00 bits per heavy atom. The first-order valence-corrected chi connectivity index (χ1v) is 7.53. The van der Waals surface area contributed by atoms with Crippen LogP contribution in [0.4, 0.5) is 0 Å². The van der Waals surface area contributed by atoms with Crippen LogP contribution in [0.2, 0.25) is 0 Å². The summed E-state index contributed by atoms with van der Waals surface area (Å²) >= 11 is 0. The molecule has 2 atom stereocenters. The number of aliphatic carboxylic acids is 1. The number of hydrogen-bond donors (Lipinski definition) is 1. The van der Waals surface area contributed by atoms with E-state index in [9.17, 15) is 9.90 Å². The van der Waals surface area contributed by atoms with Crippen LogP contribution < -0.4 is 14.2 Å². The van der Waals surface area contributed by atoms with E-state index in [1.54, 1.807) is 7.11 Å². The number of rotatable bonds is 4. The Morgan fingerprint density at radius 2 is 2.27 bits per heavy atom. The van der Waals surface area contributed by atoms with Gasteiger partial charge in [0.2, 0.25) is 12.5 Å². The van der Waals surface area contributed by atoms with Crippen molar-refractivity contribution < 1.29 is 24.1 Å². The third-order valence-electron chi connectivity index (χ3n) is 4.54. The predicted octanol–water partition coefficient (Wildman–Crippen LogP) is 2.11. The van der Waals surface area contributed by atoms with E-state index in [1.165, 1.54) is 0 Å². The molecule has 1 aromatic carbocycles. The SMILES string of the molecule is COc1cc(CN2CCC[C@H](C(=O)O)[C@@H]2C)cc2c1OCO2. The molecule has 1 N–H and O–H groups in total. The van der Waals surface area contributed by atoms with E-state index in [1.807, 2.05) is 19.1 Å². The van der Waals surface area contributed by atoms with Gasteiger partial charge in [0.15, 0.2) is 11.5 Å². The van der Waals surface area contributed by atoms with Crippen molar-refractivity contribution in [2.45, 2.75) is 32.4 Å². The molecular formula is C16H21NO5. The van der Waals surface area contributed by atoms with Crippen molar-refractivity contribution in [2.75, 3.05) is 20.4 Å². The lowest BCUT2D eigenvalue weighted by molar-refractivity contribution is -0.145. The summed E-state index contributed by atoms with van der Waals surface area (Å²) in [7, 11) is 1.60. The minimum absolute atomic E-state index is 0.0164. The molecule has 0 amide bonds. The molecule has 0 radical (unpaired) electrons. The van der Waals surface area contributed by atoms with E-state index in [2.05, 4.69) is 4.90 Å². The van der Waals surface area contributed by atoms with Crippen molar-refractivity contribution in [1.29, 1.82) is 0 Å². The summed E-state index contributed by atoms with van der Waals surface area (Å²) < 4.78 is 16.2. The lowest BCUT2D eigenvalue weighted by atomic mass is 9.90. The summed E-state index contributed by atoms with van der Waals surface area (Å²) in [6, 6.07) is 3.90. The topological polar surface area (TPSA) is 68.2 Å². The Kier molecular flexibility index (Phi) is 4.11. The first kappa shape index (κ1) is 15.0. The Bertz CT molecular complexity index is 574. The maximum Gasteiger partial charge on any atom is 0.308 e. The monoisotopic (exact) mass is 307 g/mol. The van der Waals surface area contributed by atoms with Crippen molar-refractivity contribution in [3.05, 3.63) is 17.7 Å². The maximum absolute atomic E-state index is 11.3. The number of benzene rings is 1. The summed E-state index contributed by atoms with van der Waals surface area (Å²) in [6.07, 6.45) is 1.65. The standard InChI is InChI=1S/C16H21NO5/c1-10-12(16(18)19)4-3-5-17(10)8-11-6-13(20-2)15-14(7-11)21-9-22-15/h6-7,10,12H,3-5,8-9H2,1-2H3,(H,18,19)/t10-,12-/m0/s1. The molecule has 0 aromatic heterocycles. The van der Waals surface area contributed by atoms with E-state index < -0.39 is 5.97 Å². The molecule has 2 aliphatic heterocycles. The summed E-state index contributed by atoms with van der Waals surface area (Å²) in [6.45, 7) is 3.78. The summed E-state index contributed by atoms with van der Waals surface area (Å²) in [5.41, 5.74) is 1.04. The van der Waals surface area contributed by atoms with Gasteiger partial charge in [0, 0.05) is 12.6 Å². The Balaban J connectivity index is 1.79. The maximum atomic E-state index is 11.3. The van der Waals surface area contributed by atoms with Crippen molar-refractivity contribution in [1.82, 2.24) is 4.90 Å². The molecule has 22 heavy (non-hydrogen) atoms. The van der Waals surface area contributed by atoms with Crippen molar-refractivity contribution in [3.63, 3.8) is 0 Å². The molecule has 1 aromatic rings. The zero-order valence-electron chi connectivity index (χ0n) is 12.9. The fourth-order valence-electron chi connectivity index (χ4n) is 3.28. The highest BCUT2D eigenvalue weighted by molar-refractivity contribution is 5.71. The molecule has 2 aliphatic rings. The number of methoxy groups -OCH3 is 1. The molecule has 1 saturated heterocycles. The van der Waals surface area contributed by atoms with Gasteiger partial charge in [-0.05, 0) is 44.0 Å². The fraction of sp³-hybridized carbons (Fsp3) is 0.562. The van der Waals surface area contributed by atoms with Gasteiger partial charge in [-0.2, -0.15) is 0 Å². The van der Waals surface area contributed by atoms with Gasteiger partial charge in [0.25, 0.3) is 0 Å². The molecule has 0 saturated carbocycles. The highest BCUT2D eigenvalue weighted by Crippen LogP contribution is 2.42. The third-order valence-corrected chi connectivity index (χ3v) is 4.54. The number of carbonyl (C=O) groups is 1. The van der Waals surface area contributed by atoms with Crippen LogP contribution in [0.5, 0.6) is 17.2 Å². The lowest BCUT2D eigenvalue weighted by Crippen LogP contribution is -2.45. The number of likely N-dealkylation sites (tertiary alicyclic amines) is 1. The second kappa shape index (κ2) is 6.04. The predicted molar refractivity (Wildman–Crippen MR) is 79.3 cm³/mol. The Labute approximate surface area is 129 Å². The average Bonchev–Trinajstić information content (AvgIpc) is 2.96. The van der Waals surface area contributed by atoms with Crippen LogP contribution >= 0.6 is 0 Å². The van der Waals surface area contributed by atoms with Crippen LogP contribution in [0.15, 0.2) is 12.1 Å². The van der Waals surface area contributed by atoms with Gasteiger partial charge in [-0.1, -0.05) is 0 Å². The number of hydrogen-bond acceptors (Lipinski definition) is 5. The van der Waals surface area contributed by atoms with Crippen LogP contribution in [0.3, 0.4) is 0 Å². The molecule has 1 fully saturated rings. The summed E-state index contributed by atoms with van der Waals surface area (Å²) in [5.74, 6) is 0.977. The van der Waals surface area contributed by atoms with Crippen LogP contribution in [0.1, 0.15) is 25.3 Å². The van der Waals surface area contributed by atoms with Gasteiger partial charge in [-0.3, -0.25) is 9.69 Å². The molecule has 3 rings (SSSR count). The number of ether oxygens (including phenoxy) is 3. The Morgan fingerprint density at radius 1 is 1.45 bits per heavy atom. The van der Waals surface area contributed by atoms with Gasteiger partial charge < -0.3 is 19.3 Å². The highest BCUT2D eigenvalue weighted by atomic mass is 16.7. The van der Waals surface area contributed by atoms with Crippen LogP contribution in [0, 0.1) is 5.92 Å². The molecule has 0 unspecified atom stereocenters. The van der Waals surface area contributed by atoms with E-state index in [0.717, 1.165) is 24.9 Å². The molecular weight excluding hydrogens is 286 g/mol. The molecule has 0 aliphatic carbocycles. The van der Waals surface area contributed by atoms with Gasteiger partial charge in [-0.25, -0.2) is 0 Å². The minimum atomic E-state index is -0.708. The molecule has 2 heterocycles. The van der Waals surface area contributed by atoms with E-state index in [-0.39, 0.29) is 18.8 Å². The number of fused-ring (bicyclic) bond motifs is 1. The van der Waals surface area contributed by atoms with Gasteiger partial charge in [0.05, 0.1) is 13.0 Å². The van der Waals surface area contributed by atoms with Crippen LogP contribution in [-0.4, -0.2) is 42.5 Å². The fourth-order valence-corrected chi connectivity index (χ4v) is 3.28. The van der Waals surface area contributed by atoms with Gasteiger partial charge >= 0.3 is 5.97 Å². The minimum Gasteiger partial charge on any atom is -0.493 e.